The minimum absolute atomic E-state index is 0.863. The Morgan fingerprint density at radius 1 is 0.560 bits per heavy atom. The highest BCUT2D eigenvalue weighted by Crippen LogP contribution is 2.14. The molecule has 0 saturated heterocycles. The van der Waals surface area contributed by atoms with Crippen molar-refractivity contribution in [3.05, 3.63) is 0 Å². The minimum atomic E-state index is 0.863. The van der Waals surface area contributed by atoms with Crippen LogP contribution in [0, 0.1) is 5.92 Å². The third-order valence-electron chi connectivity index (χ3n) is 5.21. The van der Waals surface area contributed by atoms with Gasteiger partial charge in [-0.1, -0.05) is 120 Å². The molecule has 0 aromatic heterocycles. The number of unbranched alkanes of at least 4 members (excludes halogenated alkanes) is 11. The second-order valence-electron chi connectivity index (χ2n) is 8.65. The van der Waals surface area contributed by atoms with Gasteiger partial charge in [-0.25, -0.2) is 0 Å². The SMILES string of the molecule is CC(C)CCCCN(C)CCCCCCCCCCCCCC(C)I. The van der Waals surface area contributed by atoms with Crippen molar-refractivity contribution < 1.29 is 0 Å². The van der Waals surface area contributed by atoms with Crippen molar-refractivity contribution in [2.75, 3.05) is 20.1 Å². The molecule has 1 nitrogen and oxygen atoms in total. The molecule has 0 amide bonds. The van der Waals surface area contributed by atoms with E-state index in [1.165, 1.54) is 109 Å². The molecule has 0 spiro atoms. The number of hydrogen-bond acceptors (Lipinski definition) is 1. The van der Waals surface area contributed by atoms with Gasteiger partial charge in [-0.2, -0.15) is 0 Å². The average Bonchev–Trinajstić information content (AvgIpc) is 2.55. The van der Waals surface area contributed by atoms with Crippen LogP contribution in [0.2, 0.25) is 0 Å². The van der Waals surface area contributed by atoms with Crippen molar-refractivity contribution in [1.29, 1.82) is 0 Å². The Kier molecular flexibility index (Phi) is 20.0. The largest absolute Gasteiger partial charge is 0.306 e. The Morgan fingerprint density at radius 3 is 1.36 bits per heavy atom. The molecule has 0 rings (SSSR count). The van der Waals surface area contributed by atoms with Crippen molar-refractivity contribution in [3.8, 4) is 0 Å². The van der Waals surface area contributed by atoms with Crippen LogP contribution in [0.15, 0.2) is 0 Å². The topological polar surface area (TPSA) is 3.24 Å². The molecule has 1 atom stereocenters. The summed E-state index contributed by atoms with van der Waals surface area (Å²) in [5.41, 5.74) is 0. The summed E-state index contributed by atoms with van der Waals surface area (Å²) < 4.78 is 0.863. The van der Waals surface area contributed by atoms with E-state index in [0.29, 0.717) is 0 Å². The molecule has 2 heteroatoms. The van der Waals surface area contributed by atoms with Gasteiger partial charge in [0, 0.05) is 3.92 Å². The highest BCUT2D eigenvalue weighted by atomic mass is 127. The second-order valence-corrected chi connectivity index (χ2v) is 10.8. The van der Waals surface area contributed by atoms with Crippen LogP contribution < -0.4 is 0 Å². The predicted molar refractivity (Wildman–Crippen MR) is 125 cm³/mol. The van der Waals surface area contributed by atoms with Crippen LogP contribution in [-0.4, -0.2) is 29.0 Å². The number of rotatable bonds is 19. The molecule has 0 aromatic carbocycles. The Hall–Kier alpha value is 0.690. The summed E-state index contributed by atoms with van der Waals surface area (Å²) in [6, 6.07) is 0. The van der Waals surface area contributed by atoms with Gasteiger partial charge in [0.15, 0.2) is 0 Å². The van der Waals surface area contributed by atoms with E-state index in [1.54, 1.807) is 0 Å². The molecule has 0 radical (unpaired) electrons. The van der Waals surface area contributed by atoms with Gasteiger partial charge in [0.25, 0.3) is 0 Å². The lowest BCUT2D eigenvalue weighted by Crippen LogP contribution is -2.20. The monoisotopic (exact) mass is 465 g/mol. The fourth-order valence-corrected chi connectivity index (χ4v) is 3.88. The van der Waals surface area contributed by atoms with Gasteiger partial charge >= 0.3 is 0 Å². The van der Waals surface area contributed by atoms with E-state index in [-0.39, 0.29) is 0 Å². The third-order valence-corrected chi connectivity index (χ3v) is 5.84. The highest BCUT2D eigenvalue weighted by Gasteiger charge is 2.00. The van der Waals surface area contributed by atoms with Crippen LogP contribution >= 0.6 is 22.6 Å². The quantitative estimate of drug-likeness (QED) is 0.105. The molecule has 25 heavy (non-hydrogen) atoms. The van der Waals surface area contributed by atoms with E-state index in [4.69, 9.17) is 0 Å². The van der Waals surface area contributed by atoms with Crippen LogP contribution in [-0.2, 0) is 0 Å². The average molecular weight is 466 g/mol. The van der Waals surface area contributed by atoms with E-state index in [0.717, 1.165) is 9.84 Å². The first-order valence-corrected chi connectivity index (χ1v) is 12.6. The summed E-state index contributed by atoms with van der Waals surface area (Å²) in [4.78, 5) is 2.54. The van der Waals surface area contributed by atoms with Crippen LogP contribution in [0.25, 0.3) is 0 Å². The smallest absolute Gasteiger partial charge is 0.00813 e. The molecule has 0 aliphatic carbocycles. The van der Waals surface area contributed by atoms with Crippen molar-refractivity contribution in [2.24, 2.45) is 5.92 Å². The number of nitrogens with zero attached hydrogens (tertiary/aromatic N) is 1. The van der Waals surface area contributed by atoms with Crippen LogP contribution in [0.3, 0.4) is 0 Å². The molecule has 0 aliphatic rings. The van der Waals surface area contributed by atoms with Gasteiger partial charge in [0.2, 0.25) is 0 Å². The summed E-state index contributed by atoms with van der Waals surface area (Å²) in [6.07, 6.45) is 21.6. The number of alkyl halides is 1. The zero-order chi connectivity index (χ0) is 18.8. The lowest BCUT2D eigenvalue weighted by molar-refractivity contribution is 0.312. The molecule has 0 N–H and O–H groups in total. The van der Waals surface area contributed by atoms with Gasteiger partial charge in [0.1, 0.15) is 0 Å². The van der Waals surface area contributed by atoms with Crippen molar-refractivity contribution in [2.45, 2.75) is 121 Å². The summed E-state index contributed by atoms with van der Waals surface area (Å²) in [5, 5.41) is 0. The lowest BCUT2D eigenvalue weighted by Gasteiger charge is -2.16. The fraction of sp³-hybridized carbons (Fsp3) is 1.00. The molecular weight excluding hydrogens is 417 g/mol. The van der Waals surface area contributed by atoms with Gasteiger partial charge in [0.05, 0.1) is 0 Å². The maximum Gasteiger partial charge on any atom is 0.00813 e. The molecule has 152 valence electrons. The summed E-state index contributed by atoms with van der Waals surface area (Å²) in [5.74, 6) is 0.870. The molecule has 0 heterocycles. The van der Waals surface area contributed by atoms with E-state index in [2.05, 4.69) is 55.3 Å². The molecule has 0 saturated carbocycles. The zero-order valence-electron chi connectivity index (χ0n) is 18.0. The normalized spacial score (nSPS) is 13.1. The Balaban J connectivity index is 3.13. The van der Waals surface area contributed by atoms with Crippen LogP contribution in [0.4, 0.5) is 0 Å². The van der Waals surface area contributed by atoms with Crippen molar-refractivity contribution >= 4 is 22.6 Å². The van der Waals surface area contributed by atoms with E-state index in [1.807, 2.05) is 0 Å². The maximum absolute atomic E-state index is 2.55. The molecule has 0 aliphatic heterocycles. The van der Waals surface area contributed by atoms with E-state index < -0.39 is 0 Å². The van der Waals surface area contributed by atoms with Crippen molar-refractivity contribution in [1.82, 2.24) is 4.90 Å². The Labute approximate surface area is 174 Å². The summed E-state index contributed by atoms with van der Waals surface area (Å²) in [7, 11) is 2.30. The number of halogens is 1. The summed E-state index contributed by atoms with van der Waals surface area (Å²) in [6.45, 7) is 9.59. The maximum atomic E-state index is 2.55. The predicted octanol–water partition coefficient (Wildman–Crippen LogP) is 8.25. The zero-order valence-corrected chi connectivity index (χ0v) is 20.2. The van der Waals surface area contributed by atoms with Gasteiger partial charge in [-0.05, 0) is 45.3 Å². The second kappa shape index (κ2) is 19.5. The first-order valence-electron chi connectivity index (χ1n) is 11.3. The summed E-state index contributed by atoms with van der Waals surface area (Å²) >= 11 is 2.55. The Morgan fingerprint density at radius 2 is 0.920 bits per heavy atom. The third kappa shape index (κ3) is 22.6. The fourth-order valence-electron chi connectivity index (χ4n) is 3.44. The van der Waals surface area contributed by atoms with Gasteiger partial charge in [-0.15, -0.1) is 0 Å². The van der Waals surface area contributed by atoms with E-state index in [9.17, 15) is 0 Å². The molecule has 0 aromatic rings. The Bertz CT molecular complexity index is 252. The van der Waals surface area contributed by atoms with Gasteiger partial charge < -0.3 is 4.90 Å². The first-order chi connectivity index (χ1) is 12.0. The molecule has 1 unspecified atom stereocenters. The number of hydrogen-bond donors (Lipinski definition) is 0. The highest BCUT2D eigenvalue weighted by molar-refractivity contribution is 14.1. The molecular formula is C23H48IN. The molecule has 0 bridgehead atoms. The minimum Gasteiger partial charge on any atom is -0.306 e. The first kappa shape index (κ1) is 25.7. The van der Waals surface area contributed by atoms with Crippen molar-refractivity contribution in [3.63, 3.8) is 0 Å². The van der Waals surface area contributed by atoms with E-state index >= 15 is 0 Å². The standard InChI is InChI=1S/C23H48IN/c1-22(2)18-15-17-21-25(4)20-16-13-11-9-7-5-6-8-10-12-14-19-23(3)24/h22-23H,5-21H2,1-4H3. The van der Waals surface area contributed by atoms with Gasteiger partial charge in [-0.3, -0.25) is 0 Å². The lowest BCUT2D eigenvalue weighted by atomic mass is 10.0. The van der Waals surface area contributed by atoms with Crippen LogP contribution in [0.1, 0.15) is 117 Å². The van der Waals surface area contributed by atoms with Crippen LogP contribution in [0.5, 0.6) is 0 Å². The molecule has 0 fully saturated rings.